The van der Waals surface area contributed by atoms with Gasteiger partial charge in [0.1, 0.15) is 11.5 Å². The molecule has 1 saturated heterocycles. The molecular weight excluding hydrogens is 511 g/mol. The van der Waals surface area contributed by atoms with E-state index in [1.54, 1.807) is 24.3 Å². The number of benzene rings is 2. The van der Waals surface area contributed by atoms with Gasteiger partial charge in [-0.05, 0) is 62.4 Å². The second-order valence-corrected chi connectivity index (χ2v) is 9.13. The first-order chi connectivity index (χ1) is 16.9. The zero-order valence-electron chi connectivity index (χ0n) is 20.0. The molecule has 36 heavy (non-hydrogen) atoms. The summed E-state index contributed by atoms with van der Waals surface area (Å²) in [4.78, 5) is 26.5. The maximum atomic E-state index is 13.2. The number of ether oxygens (including phenoxy) is 4. The predicted octanol–water partition coefficient (Wildman–Crippen LogP) is 5.14. The van der Waals surface area contributed by atoms with Crippen molar-refractivity contribution < 1.29 is 38.7 Å². The number of ketones is 2. The Kier molecular flexibility index (Phi) is 8.61. The summed E-state index contributed by atoms with van der Waals surface area (Å²) in [5.74, 6) is -5.51. The monoisotopic (exact) mass is 536 g/mol. The van der Waals surface area contributed by atoms with Gasteiger partial charge in [-0.15, -0.1) is 0 Å². The molecule has 2 aromatic rings. The molecule has 2 aromatic carbocycles. The molecule has 0 radical (unpaired) electrons. The fourth-order valence-corrected chi connectivity index (χ4v) is 3.80. The number of hydrogen-bond acceptors (Lipinski definition) is 8. The largest absolute Gasteiger partial charge is 0.507 e. The molecular formula is C26H26Cl2O8. The van der Waals surface area contributed by atoms with Crippen LogP contribution in [0.2, 0.25) is 10.0 Å². The van der Waals surface area contributed by atoms with E-state index in [9.17, 15) is 19.8 Å². The Morgan fingerprint density at radius 3 is 1.33 bits per heavy atom. The van der Waals surface area contributed by atoms with Crippen molar-refractivity contribution in [3.8, 4) is 0 Å². The Hall–Kier alpha value is -2.72. The zero-order valence-corrected chi connectivity index (χ0v) is 21.5. The highest BCUT2D eigenvalue weighted by Gasteiger charge is 2.59. The van der Waals surface area contributed by atoms with E-state index in [1.165, 1.54) is 52.3 Å². The summed E-state index contributed by atoms with van der Waals surface area (Å²) in [5, 5.41) is 21.9. The molecule has 0 unspecified atom stereocenters. The standard InChI is InChI=1S/C26H26Cl2O8/c1-25(33-3)26(2,34-4)36-24(22(32)14-20(30)16-7-11-18(28)12-8-16)23(35-25)21(31)13-19(29)15-5-9-17(27)10-6-15/h5-14,23-24,29-30H,1-4H3/b19-13-,20-14-/t23-,24-,25+,26+/m0/s1. The summed E-state index contributed by atoms with van der Waals surface area (Å²) in [6.07, 6.45) is -1.25. The van der Waals surface area contributed by atoms with E-state index in [1.807, 2.05) is 0 Å². The third-order valence-electron chi connectivity index (χ3n) is 5.98. The molecule has 8 nitrogen and oxygen atoms in total. The Labute approximate surface area is 218 Å². The number of aliphatic hydroxyl groups excluding tert-OH is 2. The van der Waals surface area contributed by atoms with Gasteiger partial charge >= 0.3 is 0 Å². The molecule has 1 aliphatic heterocycles. The minimum Gasteiger partial charge on any atom is -0.507 e. The van der Waals surface area contributed by atoms with Crippen molar-refractivity contribution in [1.29, 1.82) is 0 Å². The Morgan fingerprint density at radius 2 is 1.06 bits per heavy atom. The lowest BCUT2D eigenvalue weighted by Crippen LogP contribution is -2.67. The molecule has 1 fully saturated rings. The quantitative estimate of drug-likeness (QED) is 0.352. The SMILES string of the molecule is CO[C@]1(C)O[C@@H](C(=O)/C=C(\O)c2ccc(Cl)cc2)[C@H](C(=O)/C=C(\O)c2ccc(Cl)cc2)O[C@@]1(C)OC. The van der Waals surface area contributed by atoms with Crippen LogP contribution in [0.5, 0.6) is 0 Å². The van der Waals surface area contributed by atoms with Gasteiger partial charge < -0.3 is 29.2 Å². The van der Waals surface area contributed by atoms with Gasteiger partial charge in [0.05, 0.1) is 0 Å². The first kappa shape index (κ1) is 27.9. The lowest BCUT2D eigenvalue weighted by Gasteiger charge is -2.50. The van der Waals surface area contributed by atoms with Gasteiger partial charge in [0.15, 0.2) is 23.8 Å². The Bertz CT molecular complexity index is 1080. The van der Waals surface area contributed by atoms with Crippen LogP contribution in [0.1, 0.15) is 25.0 Å². The second kappa shape index (κ2) is 11.1. The van der Waals surface area contributed by atoms with Crippen molar-refractivity contribution in [2.45, 2.75) is 37.6 Å². The van der Waals surface area contributed by atoms with E-state index in [2.05, 4.69) is 0 Å². The molecule has 192 valence electrons. The molecule has 0 saturated carbocycles. The summed E-state index contributed by atoms with van der Waals surface area (Å²) in [5.41, 5.74) is 0.646. The van der Waals surface area contributed by atoms with Crippen molar-refractivity contribution in [3.05, 3.63) is 81.9 Å². The van der Waals surface area contributed by atoms with Crippen molar-refractivity contribution in [3.63, 3.8) is 0 Å². The van der Waals surface area contributed by atoms with Crippen molar-refractivity contribution in [2.24, 2.45) is 0 Å². The summed E-state index contributed by atoms with van der Waals surface area (Å²) >= 11 is 11.8. The van der Waals surface area contributed by atoms with Crippen LogP contribution < -0.4 is 0 Å². The lowest BCUT2D eigenvalue weighted by molar-refractivity contribution is -0.435. The molecule has 0 spiro atoms. The van der Waals surface area contributed by atoms with Crippen LogP contribution in [0.3, 0.4) is 0 Å². The van der Waals surface area contributed by atoms with Gasteiger partial charge in [-0.3, -0.25) is 9.59 Å². The topological polar surface area (TPSA) is 112 Å². The second-order valence-electron chi connectivity index (χ2n) is 8.25. The lowest BCUT2D eigenvalue weighted by atomic mass is 9.96. The smallest absolute Gasteiger partial charge is 0.221 e. The zero-order chi connectivity index (χ0) is 26.7. The average molecular weight is 537 g/mol. The fraction of sp³-hybridized carbons (Fsp3) is 0.308. The van der Waals surface area contributed by atoms with Crippen LogP contribution in [-0.4, -0.2) is 59.8 Å². The average Bonchev–Trinajstić information content (AvgIpc) is 2.85. The number of rotatable bonds is 8. The van der Waals surface area contributed by atoms with Crippen LogP contribution >= 0.6 is 23.2 Å². The van der Waals surface area contributed by atoms with E-state index < -0.39 is 35.3 Å². The van der Waals surface area contributed by atoms with E-state index in [0.29, 0.717) is 21.2 Å². The van der Waals surface area contributed by atoms with Gasteiger partial charge in [-0.25, -0.2) is 0 Å². The normalized spacial score (nSPS) is 27.1. The van der Waals surface area contributed by atoms with E-state index in [-0.39, 0.29) is 11.5 Å². The summed E-state index contributed by atoms with van der Waals surface area (Å²) in [7, 11) is 2.66. The molecule has 2 N–H and O–H groups in total. The predicted molar refractivity (Wildman–Crippen MR) is 135 cm³/mol. The number of carbonyl (C=O) groups excluding carboxylic acids is 2. The first-order valence-corrected chi connectivity index (χ1v) is 11.6. The third-order valence-corrected chi connectivity index (χ3v) is 6.49. The van der Waals surface area contributed by atoms with Crippen LogP contribution in [0, 0.1) is 0 Å². The first-order valence-electron chi connectivity index (χ1n) is 10.8. The highest BCUT2D eigenvalue weighted by Crippen LogP contribution is 2.40. The number of aliphatic hydroxyl groups is 2. The van der Waals surface area contributed by atoms with Gasteiger partial charge in [-0.1, -0.05) is 23.2 Å². The minimum atomic E-state index is -1.61. The van der Waals surface area contributed by atoms with Crippen LogP contribution in [-0.2, 0) is 28.5 Å². The molecule has 1 heterocycles. The maximum absolute atomic E-state index is 13.2. The van der Waals surface area contributed by atoms with E-state index in [4.69, 9.17) is 42.1 Å². The van der Waals surface area contributed by atoms with E-state index in [0.717, 1.165) is 12.2 Å². The molecule has 0 aliphatic carbocycles. The number of halogens is 2. The van der Waals surface area contributed by atoms with Crippen molar-refractivity contribution in [2.75, 3.05) is 14.2 Å². The van der Waals surface area contributed by atoms with Gasteiger partial charge in [-0.2, -0.15) is 0 Å². The molecule has 3 rings (SSSR count). The minimum absolute atomic E-state index is 0.323. The maximum Gasteiger partial charge on any atom is 0.221 e. The van der Waals surface area contributed by atoms with E-state index >= 15 is 0 Å². The molecule has 1 aliphatic rings. The molecule has 4 atom stereocenters. The molecule has 10 heteroatoms. The van der Waals surface area contributed by atoms with Gasteiger partial charge in [0.2, 0.25) is 11.6 Å². The highest BCUT2D eigenvalue weighted by molar-refractivity contribution is 6.30. The van der Waals surface area contributed by atoms with Gasteiger partial charge in [0.25, 0.3) is 0 Å². The number of carbonyl (C=O) groups is 2. The molecule has 0 amide bonds. The molecule has 0 bridgehead atoms. The summed E-state index contributed by atoms with van der Waals surface area (Å²) in [6.45, 7) is 2.97. The summed E-state index contributed by atoms with van der Waals surface area (Å²) in [6, 6.07) is 12.3. The fourth-order valence-electron chi connectivity index (χ4n) is 3.55. The third kappa shape index (κ3) is 5.81. The Morgan fingerprint density at radius 1 is 0.750 bits per heavy atom. The van der Waals surface area contributed by atoms with Crippen molar-refractivity contribution >= 4 is 46.3 Å². The number of methoxy groups -OCH3 is 2. The van der Waals surface area contributed by atoms with Crippen LogP contribution in [0.15, 0.2) is 60.7 Å². The molecule has 0 aromatic heterocycles. The highest BCUT2D eigenvalue weighted by atomic mass is 35.5. The number of hydrogen-bond donors (Lipinski definition) is 2. The van der Waals surface area contributed by atoms with Crippen LogP contribution in [0.4, 0.5) is 0 Å². The van der Waals surface area contributed by atoms with Crippen molar-refractivity contribution in [1.82, 2.24) is 0 Å². The Balaban J connectivity index is 1.99. The van der Waals surface area contributed by atoms with Gasteiger partial charge in [0, 0.05) is 47.5 Å². The summed E-state index contributed by atoms with van der Waals surface area (Å²) < 4.78 is 22.8. The van der Waals surface area contributed by atoms with Crippen LogP contribution in [0.25, 0.3) is 11.5 Å².